The molecule has 4 N–H and O–H groups in total. The monoisotopic (exact) mass is 515 g/mol. The van der Waals surface area contributed by atoms with E-state index < -0.39 is 46.6 Å². The number of ether oxygens (including phenoxy) is 1. The number of carbonyl (C=O) groups is 2. The van der Waals surface area contributed by atoms with Gasteiger partial charge in [-0.1, -0.05) is 41.5 Å². The van der Waals surface area contributed by atoms with Gasteiger partial charge in [-0.15, -0.1) is 0 Å². The molecule has 4 aliphatic rings. The van der Waals surface area contributed by atoms with Crippen molar-refractivity contribution < 1.29 is 34.8 Å². The Hall–Kier alpha value is -2.32. The molecule has 1 spiro atoms. The van der Waals surface area contributed by atoms with Crippen molar-refractivity contribution in [3.05, 3.63) is 22.8 Å². The molecule has 2 aliphatic carbocycles. The fraction of sp³-hybridized carbons (Fsp3) is 0.724. The van der Waals surface area contributed by atoms with E-state index in [0.29, 0.717) is 41.7 Å². The Labute approximate surface area is 218 Å². The number of amides is 1. The van der Waals surface area contributed by atoms with Crippen molar-refractivity contribution in [1.29, 1.82) is 0 Å². The molecule has 2 heterocycles. The fourth-order valence-electron chi connectivity index (χ4n) is 8.49. The molecular formula is C29H41NO7. The third kappa shape index (κ3) is 3.47. The lowest BCUT2D eigenvalue weighted by atomic mass is 9.43. The zero-order chi connectivity index (χ0) is 27.2. The van der Waals surface area contributed by atoms with Crippen LogP contribution in [0.2, 0.25) is 0 Å². The summed E-state index contributed by atoms with van der Waals surface area (Å²) in [7, 11) is 0. The van der Waals surface area contributed by atoms with Gasteiger partial charge in [0.05, 0.1) is 24.3 Å². The average molecular weight is 516 g/mol. The van der Waals surface area contributed by atoms with Crippen LogP contribution in [0.4, 0.5) is 0 Å². The molecule has 2 fully saturated rings. The van der Waals surface area contributed by atoms with E-state index >= 15 is 0 Å². The molecule has 7 atom stereocenters. The number of rotatable bonds is 4. The highest BCUT2D eigenvalue weighted by Crippen LogP contribution is 2.67. The molecule has 8 nitrogen and oxygen atoms in total. The predicted octanol–water partition coefficient (Wildman–Crippen LogP) is 3.73. The van der Waals surface area contributed by atoms with Gasteiger partial charge in [0, 0.05) is 23.0 Å². The van der Waals surface area contributed by atoms with Gasteiger partial charge in [0.1, 0.15) is 23.1 Å². The Morgan fingerprint density at radius 1 is 1.19 bits per heavy atom. The summed E-state index contributed by atoms with van der Waals surface area (Å²) >= 11 is 0. The Bertz CT molecular complexity index is 1150. The second kappa shape index (κ2) is 8.34. The standard InChI is InChI=1S/C29H41NO7/c1-14(2)9-19(26(35)36)30-13-18-16(25(30)34)10-20(31)17-11-29(37-23(17)18)15(3)7-8-22-27(4,5)24(33)21(32)12-28(22,29)6/h10,14-15,19,21-22,24,31-33H,7-9,11-13H2,1-6H3,(H,35,36)/t15-,19+,21-,22+,24-,28+,29-/m1/s1. The smallest absolute Gasteiger partial charge is 0.326 e. The number of carbonyl (C=O) groups excluding carboxylic acids is 1. The summed E-state index contributed by atoms with van der Waals surface area (Å²) in [6.07, 6.45) is 1.21. The average Bonchev–Trinajstić information content (AvgIpc) is 3.35. The van der Waals surface area contributed by atoms with E-state index in [0.717, 1.165) is 12.8 Å². The second-order valence-corrected chi connectivity index (χ2v) is 13.3. The van der Waals surface area contributed by atoms with Crippen LogP contribution < -0.4 is 4.74 Å². The summed E-state index contributed by atoms with van der Waals surface area (Å²) in [6, 6.07) is 0.517. The number of carboxylic acids is 1. The van der Waals surface area contributed by atoms with Gasteiger partial charge < -0.3 is 30.1 Å². The number of nitrogens with zero attached hydrogens (tertiary/aromatic N) is 1. The first-order valence-corrected chi connectivity index (χ1v) is 13.6. The van der Waals surface area contributed by atoms with Gasteiger partial charge in [0.25, 0.3) is 5.91 Å². The van der Waals surface area contributed by atoms with Gasteiger partial charge in [-0.3, -0.25) is 4.79 Å². The lowest BCUT2D eigenvalue weighted by Gasteiger charge is -2.64. The molecule has 5 rings (SSSR count). The molecule has 0 saturated heterocycles. The van der Waals surface area contributed by atoms with Crippen LogP contribution in [0.1, 0.15) is 88.7 Å². The molecule has 0 bridgehead atoms. The van der Waals surface area contributed by atoms with Crippen molar-refractivity contribution in [1.82, 2.24) is 4.90 Å². The molecule has 37 heavy (non-hydrogen) atoms. The van der Waals surface area contributed by atoms with E-state index in [1.807, 2.05) is 27.7 Å². The van der Waals surface area contributed by atoms with Crippen molar-refractivity contribution in [3.63, 3.8) is 0 Å². The summed E-state index contributed by atoms with van der Waals surface area (Å²) < 4.78 is 6.96. The minimum Gasteiger partial charge on any atom is -0.508 e. The number of benzene rings is 1. The van der Waals surface area contributed by atoms with Crippen molar-refractivity contribution in [3.8, 4) is 11.5 Å². The third-order valence-corrected chi connectivity index (χ3v) is 10.4. The number of hydrogen-bond donors (Lipinski definition) is 4. The van der Waals surface area contributed by atoms with Crippen LogP contribution in [-0.4, -0.2) is 61.1 Å². The predicted molar refractivity (Wildman–Crippen MR) is 136 cm³/mol. The van der Waals surface area contributed by atoms with Crippen molar-refractivity contribution >= 4 is 11.9 Å². The normalized spacial score (nSPS) is 36.8. The van der Waals surface area contributed by atoms with Crippen LogP contribution in [-0.2, 0) is 17.8 Å². The molecule has 0 aromatic heterocycles. The molecule has 1 aromatic carbocycles. The molecule has 1 amide bonds. The Kier molecular flexibility index (Phi) is 5.93. The quantitative estimate of drug-likeness (QED) is 0.481. The van der Waals surface area contributed by atoms with Gasteiger partial charge in [-0.2, -0.15) is 0 Å². The first-order valence-electron chi connectivity index (χ1n) is 13.6. The fourth-order valence-corrected chi connectivity index (χ4v) is 8.49. The third-order valence-electron chi connectivity index (χ3n) is 10.4. The summed E-state index contributed by atoms with van der Waals surface area (Å²) in [4.78, 5) is 26.9. The summed E-state index contributed by atoms with van der Waals surface area (Å²) in [6.45, 7) is 12.3. The Morgan fingerprint density at radius 2 is 1.86 bits per heavy atom. The highest BCUT2D eigenvalue weighted by atomic mass is 16.5. The van der Waals surface area contributed by atoms with Gasteiger partial charge in [0.2, 0.25) is 0 Å². The first-order chi connectivity index (χ1) is 17.2. The van der Waals surface area contributed by atoms with Crippen molar-refractivity contribution in [2.75, 3.05) is 0 Å². The molecule has 8 heteroatoms. The maximum atomic E-state index is 13.4. The van der Waals surface area contributed by atoms with E-state index in [-0.39, 0.29) is 30.0 Å². The Morgan fingerprint density at radius 3 is 2.49 bits per heavy atom. The topological polar surface area (TPSA) is 128 Å². The summed E-state index contributed by atoms with van der Waals surface area (Å²) in [5.41, 5.74) is -0.166. The number of aliphatic carboxylic acids is 1. The van der Waals surface area contributed by atoms with Crippen molar-refractivity contribution in [2.24, 2.45) is 28.6 Å². The first kappa shape index (κ1) is 26.3. The highest BCUT2D eigenvalue weighted by molar-refractivity contribution is 6.02. The number of phenolic OH excluding ortho intramolecular Hbond substituents is 1. The SMILES string of the molecule is CC(C)C[C@@H](C(=O)O)N1Cc2c(cc(O)c3c2O[C@]2(C3)[C@H](C)CC[C@H]3C(C)(C)[C@H](O)[C@H](O)C[C@@]32C)C1=O. The Balaban J connectivity index is 1.58. The zero-order valence-corrected chi connectivity index (χ0v) is 22.7. The molecule has 0 unspecified atom stereocenters. The van der Waals surface area contributed by atoms with Gasteiger partial charge >= 0.3 is 5.97 Å². The molecule has 204 valence electrons. The van der Waals surface area contributed by atoms with E-state index in [4.69, 9.17) is 4.74 Å². The zero-order valence-electron chi connectivity index (χ0n) is 22.7. The number of carboxylic acid groups (broad SMARTS) is 1. The molecule has 0 radical (unpaired) electrons. The number of phenols is 1. The van der Waals surface area contributed by atoms with E-state index in [1.165, 1.54) is 11.0 Å². The van der Waals surface area contributed by atoms with Crippen LogP contribution in [0.5, 0.6) is 11.5 Å². The van der Waals surface area contributed by atoms with Gasteiger partial charge in [-0.25, -0.2) is 4.79 Å². The minimum atomic E-state index is -1.04. The number of fused-ring (bicyclic) bond motifs is 5. The minimum absolute atomic E-state index is 0.00913. The summed E-state index contributed by atoms with van der Waals surface area (Å²) in [5.74, 6) is -0.676. The number of hydrogen-bond acceptors (Lipinski definition) is 6. The molecule has 2 saturated carbocycles. The van der Waals surface area contributed by atoms with Gasteiger partial charge in [0.15, 0.2) is 0 Å². The lowest BCUT2D eigenvalue weighted by molar-refractivity contribution is -0.240. The van der Waals surface area contributed by atoms with E-state index in [2.05, 4.69) is 13.8 Å². The van der Waals surface area contributed by atoms with Gasteiger partial charge in [-0.05, 0) is 54.9 Å². The maximum absolute atomic E-state index is 13.4. The van der Waals surface area contributed by atoms with E-state index in [9.17, 15) is 30.0 Å². The van der Waals surface area contributed by atoms with Crippen LogP contribution in [0.3, 0.4) is 0 Å². The largest absolute Gasteiger partial charge is 0.508 e. The molecular weight excluding hydrogens is 474 g/mol. The van der Waals surface area contributed by atoms with Crippen molar-refractivity contribution in [2.45, 2.75) is 104 Å². The lowest BCUT2D eigenvalue weighted by Crippen LogP contribution is -2.69. The van der Waals surface area contributed by atoms with Crippen LogP contribution in [0.15, 0.2) is 6.07 Å². The second-order valence-electron chi connectivity index (χ2n) is 13.3. The van der Waals surface area contributed by atoms with Crippen LogP contribution in [0, 0.1) is 28.6 Å². The molecule has 2 aliphatic heterocycles. The number of aliphatic hydroxyl groups is 2. The summed E-state index contributed by atoms with van der Waals surface area (Å²) in [5, 5.41) is 42.9. The van der Waals surface area contributed by atoms with Crippen LogP contribution in [0.25, 0.3) is 0 Å². The number of aliphatic hydroxyl groups excluding tert-OH is 2. The maximum Gasteiger partial charge on any atom is 0.326 e. The number of aromatic hydroxyl groups is 1. The highest BCUT2D eigenvalue weighted by Gasteiger charge is 2.69. The van der Waals surface area contributed by atoms with Crippen LogP contribution >= 0.6 is 0 Å². The van der Waals surface area contributed by atoms with E-state index in [1.54, 1.807) is 0 Å². The molecule has 1 aromatic rings.